The third kappa shape index (κ3) is 3.96. The Balaban J connectivity index is 2.99. The molecule has 0 aliphatic rings. The number of carbonyl (C=O) groups is 1. The predicted octanol–water partition coefficient (Wildman–Crippen LogP) is 3.44. The Bertz CT molecular complexity index is 450. The Hall–Kier alpha value is -1.75. The lowest BCUT2D eigenvalue weighted by atomic mass is 10.0. The fourth-order valence-electron chi connectivity index (χ4n) is 1.48. The minimum Gasteiger partial charge on any atom is -0.497 e. The van der Waals surface area contributed by atoms with Crippen molar-refractivity contribution >= 4 is 5.78 Å². The molecule has 1 aromatic carbocycles. The molecule has 0 atom stereocenters. The first-order valence-electron chi connectivity index (χ1n) is 5.87. The van der Waals surface area contributed by atoms with Crippen LogP contribution >= 0.6 is 0 Å². The van der Waals surface area contributed by atoms with E-state index in [0.29, 0.717) is 5.56 Å². The summed E-state index contributed by atoms with van der Waals surface area (Å²) < 4.78 is 5.14. The molecule has 0 aliphatic carbocycles. The molecule has 2 heteroatoms. The normalized spacial score (nSPS) is 9.35. The van der Waals surface area contributed by atoms with Crippen LogP contribution in [0.1, 0.15) is 49.0 Å². The van der Waals surface area contributed by atoms with Gasteiger partial charge in [-0.05, 0) is 31.5 Å². The summed E-state index contributed by atoms with van der Waals surface area (Å²) in [6.07, 6.45) is 3.09. The highest BCUT2D eigenvalue weighted by molar-refractivity contribution is 5.96. The highest BCUT2D eigenvalue weighted by Gasteiger charge is 2.06. The number of ether oxygens (including phenoxy) is 1. The molecule has 0 amide bonds. The van der Waals surface area contributed by atoms with Crippen LogP contribution in [0.15, 0.2) is 18.2 Å². The van der Waals surface area contributed by atoms with Crippen molar-refractivity contribution < 1.29 is 9.53 Å². The zero-order valence-corrected chi connectivity index (χ0v) is 10.7. The van der Waals surface area contributed by atoms with Crippen LogP contribution in [0.5, 0.6) is 5.75 Å². The van der Waals surface area contributed by atoms with Crippen LogP contribution < -0.4 is 4.74 Å². The van der Waals surface area contributed by atoms with E-state index >= 15 is 0 Å². The standard InChI is InChI=1S/C15H18O2/c1-4-5-6-7-8-13-11-14(17-3)9-10-15(13)12(2)16/h9-11H,4-6H2,1-3H3. The second-order valence-electron chi connectivity index (χ2n) is 3.87. The van der Waals surface area contributed by atoms with Gasteiger partial charge in [-0.3, -0.25) is 4.79 Å². The quantitative estimate of drug-likeness (QED) is 0.450. The molecule has 0 aromatic heterocycles. The van der Waals surface area contributed by atoms with Gasteiger partial charge in [0.25, 0.3) is 0 Å². The van der Waals surface area contributed by atoms with Crippen LogP contribution in [-0.2, 0) is 0 Å². The van der Waals surface area contributed by atoms with E-state index in [-0.39, 0.29) is 5.78 Å². The summed E-state index contributed by atoms with van der Waals surface area (Å²) in [6.45, 7) is 3.69. The Morgan fingerprint density at radius 1 is 1.41 bits per heavy atom. The Morgan fingerprint density at radius 2 is 2.18 bits per heavy atom. The Labute approximate surface area is 103 Å². The molecule has 0 spiro atoms. The molecule has 90 valence electrons. The van der Waals surface area contributed by atoms with Gasteiger partial charge in [0, 0.05) is 17.5 Å². The summed E-state index contributed by atoms with van der Waals surface area (Å²) in [5.41, 5.74) is 1.42. The molecule has 0 unspecified atom stereocenters. The molecule has 1 aromatic rings. The smallest absolute Gasteiger partial charge is 0.161 e. The van der Waals surface area contributed by atoms with Gasteiger partial charge >= 0.3 is 0 Å². The van der Waals surface area contributed by atoms with E-state index in [1.54, 1.807) is 26.2 Å². The van der Waals surface area contributed by atoms with E-state index in [2.05, 4.69) is 18.8 Å². The first-order valence-corrected chi connectivity index (χ1v) is 5.87. The first kappa shape index (κ1) is 13.3. The molecule has 0 heterocycles. The molecule has 0 saturated carbocycles. The predicted molar refractivity (Wildman–Crippen MR) is 69.4 cm³/mol. The molecule has 2 nitrogen and oxygen atoms in total. The van der Waals surface area contributed by atoms with Crippen LogP contribution in [0.2, 0.25) is 0 Å². The van der Waals surface area contributed by atoms with Gasteiger partial charge in [-0.1, -0.05) is 25.2 Å². The fraction of sp³-hybridized carbons (Fsp3) is 0.400. The van der Waals surface area contributed by atoms with Gasteiger partial charge < -0.3 is 4.74 Å². The summed E-state index contributed by atoms with van der Waals surface area (Å²) in [5.74, 6) is 6.91. The SMILES string of the molecule is CCCCC#Cc1cc(OC)ccc1C(C)=O. The molecule has 0 radical (unpaired) electrons. The second kappa shape index (κ2) is 6.75. The molecular formula is C15H18O2. The molecular weight excluding hydrogens is 212 g/mol. The van der Waals surface area contributed by atoms with Crippen molar-refractivity contribution in [3.05, 3.63) is 29.3 Å². The van der Waals surface area contributed by atoms with Crippen LogP contribution in [0.25, 0.3) is 0 Å². The average Bonchev–Trinajstić information content (AvgIpc) is 2.34. The number of hydrogen-bond donors (Lipinski definition) is 0. The zero-order valence-electron chi connectivity index (χ0n) is 10.7. The largest absolute Gasteiger partial charge is 0.497 e. The number of hydrogen-bond acceptors (Lipinski definition) is 2. The van der Waals surface area contributed by atoms with Crippen LogP contribution in [0.4, 0.5) is 0 Å². The van der Waals surface area contributed by atoms with Gasteiger partial charge in [-0.25, -0.2) is 0 Å². The number of carbonyl (C=O) groups excluding carboxylic acids is 1. The monoisotopic (exact) mass is 230 g/mol. The molecule has 17 heavy (non-hydrogen) atoms. The number of benzene rings is 1. The minimum atomic E-state index is 0.0347. The van der Waals surface area contributed by atoms with Crippen molar-refractivity contribution in [1.29, 1.82) is 0 Å². The maximum absolute atomic E-state index is 11.4. The van der Waals surface area contributed by atoms with Gasteiger partial charge in [-0.15, -0.1) is 0 Å². The van der Waals surface area contributed by atoms with E-state index in [9.17, 15) is 4.79 Å². The summed E-state index contributed by atoms with van der Waals surface area (Å²) in [4.78, 5) is 11.4. The first-order chi connectivity index (χ1) is 8.19. The Morgan fingerprint density at radius 3 is 2.76 bits per heavy atom. The highest BCUT2D eigenvalue weighted by Crippen LogP contribution is 2.17. The maximum atomic E-state index is 11.4. The molecule has 1 rings (SSSR count). The van der Waals surface area contributed by atoms with Crippen molar-refractivity contribution in [3.8, 4) is 17.6 Å². The van der Waals surface area contributed by atoms with Crippen LogP contribution in [-0.4, -0.2) is 12.9 Å². The number of unbranched alkanes of at least 4 members (excludes halogenated alkanes) is 2. The third-order valence-electron chi connectivity index (χ3n) is 2.48. The van der Waals surface area contributed by atoms with Crippen molar-refractivity contribution in [2.24, 2.45) is 0 Å². The number of methoxy groups -OCH3 is 1. The van der Waals surface area contributed by atoms with E-state index in [4.69, 9.17) is 4.74 Å². The second-order valence-corrected chi connectivity index (χ2v) is 3.87. The lowest BCUT2D eigenvalue weighted by Crippen LogP contribution is -1.97. The van der Waals surface area contributed by atoms with Crippen molar-refractivity contribution in [3.63, 3.8) is 0 Å². The number of rotatable bonds is 4. The minimum absolute atomic E-state index is 0.0347. The lowest BCUT2D eigenvalue weighted by Gasteiger charge is -2.04. The van der Waals surface area contributed by atoms with E-state index < -0.39 is 0 Å². The van der Waals surface area contributed by atoms with E-state index in [1.807, 2.05) is 6.07 Å². The third-order valence-corrected chi connectivity index (χ3v) is 2.48. The Kier molecular flexibility index (Phi) is 5.29. The van der Waals surface area contributed by atoms with E-state index in [0.717, 1.165) is 30.6 Å². The van der Waals surface area contributed by atoms with E-state index in [1.165, 1.54) is 0 Å². The summed E-state index contributed by atoms with van der Waals surface area (Å²) >= 11 is 0. The average molecular weight is 230 g/mol. The summed E-state index contributed by atoms with van der Waals surface area (Å²) in [7, 11) is 1.61. The lowest BCUT2D eigenvalue weighted by molar-refractivity contribution is 0.101. The highest BCUT2D eigenvalue weighted by atomic mass is 16.5. The van der Waals surface area contributed by atoms with Crippen LogP contribution in [0, 0.1) is 11.8 Å². The molecule has 0 fully saturated rings. The van der Waals surface area contributed by atoms with Gasteiger partial charge in [0.2, 0.25) is 0 Å². The number of ketones is 1. The van der Waals surface area contributed by atoms with Gasteiger partial charge in [-0.2, -0.15) is 0 Å². The topological polar surface area (TPSA) is 26.3 Å². The number of Topliss-reactive ketones (excluding diaryl/α,β-unsaturated/α-hetero) is 1. The van der Waals surface area contributed by atoms with Gasteiger partial charge in [0.05, 0.1) is 7.11 Å². The van der Waals surface area contributed by atoms with Gasteiger partial charge in [0.15, 0.2) is 5.78 Å². The van der Waals surface area contributed by atoms with Crippen LogP contribution in [0.3, 0.4) is 0 Å². The van der Waals surface area contributed by atoms with Crippen molar-refractivity contribution in [1.82, 2.24) is 0 Å². The molecule has 0 N–H and O–H groups in total. The van der Waals surface area contributed by atoms with Crippen molar-refractivity contribution in [2.45, 2.75) is 33.1 Å². The van der Waals surface area contributed by atoms with Crippen molar-refractivity contribution in [2.75, 3.05) is 7.11 Å². The fourth-order valence-corrected chi connectivity index (χ4v) is 1.48. The molecule has 0 bridgehead atoms. The maximum Gasteiger partial charge on any atom is 0.161 e. The molecule has 0 aliphatic heterocycles. The summed E-state index contributed by atoms with van der Waals surface area (Å²) in [6, 6.07) is 5.37. The molecule has 0 saturated heterocycles. The zero-order chi connectivity index (χ0) is 12.7. The van der Waals surface area contributed by atoms with Gasteiger partial charge in [0.1, 0.15) is 5.75 Å². The summed E-state index contributed by atoms with van der Waals surface area (Å²) in [5, 5.41) is 0.